The van der Waals surface area contributed by atoms with Crippen LogP contribution in [0.2, 0.25) is 0 Å². The van der Waals surface area contributed by atoms with Crippen molar-refractivity contribution < 1.29 is 14.0 Å². The highest BCUT2D eigenvalue weighted by Gasteiger charge is 2.42. The van der Waals surface area contributed by atoms with Gasteiger partial charge < -0.3 is 15.1 Å². The lowest BCUT2D eigenvalue weighted by Crippen LogP contribution is -2.42. The number of benzene rings is 2. The topological polar surface area (TPSA) is 65.0 Å². The molecule has 8 heteroatoms. The quantitative estimate of drug-likeness (QED) is 0.565. The fraction of sp³-hybridized carbons (Fsp3) is 0.296. The van der Waals surface area contributed by atoms with Gasteiger partial charge in [-0.25, -0.2) is 9.38 Å². The van der Waals surface area contributed by atoms with Crippen LogP contribution in [0.25, 0.3) is 0 Å². The van der Waals surface area contributed by atoms with Crippen LogP contribution in [0.5, 0.6) is 0 Å². The van der Waals surface area contributed by atoms with Crippen LogP contribution in [-0.2, 0) is 16.1 Å². The van der Waals surface area contributed by atoms with Gasteiger partial charge in [0.1, 0.15) is 5.82 Å². The van der Waals surface area contributed by atoms with Gasteiger partial charge in [0.25, 0.3) is 5.91 Å². The molecule has 4 rings (SSSR count). The summed E-state index contributed by atoms with van der Waals surface area (Å²) in [4.78, 5) is 34.7. The lowest BCUT2D eigenvalue weighted by atomic mass is 9.92. The van der Waals surface area contributed by atoms with Crippen LogP contribution in [-0.4, -0.2) is 39.9 Å². The Morgan fingerprint density at radius 3 is 2.46 bits per heavy atom. The van der Waals surface area contributed by atoms with Crippen molar-refractivity contribution in [3.63, 3.8) is 0 Å². The van der Waals surface area contributed by atoms with Crippen molar-refractivity contribution >= 4 is 28.7 Å². The molecule has 0 aromatic heterocycles. The number of thioether (sulfide) groups is 1. The van der Waals surface area contributed by atoms with E-state index in [0.29, 0.717) is 47.3 Å². The number of hydrogen-bond donors (Lipinski definition) is 1. The van der Waals surface area contributed by atoms with Gasteiger partial charge in [0, 0.05) is 30.9 Å². The molecule has 2 heterocycles. The first-order valence-electron chi connectivity index (χ1n) is 11.7. The van der Waals surface area contributed by atoms with E-state index in [-0.39, 0.29) is 18.2 Å². The summed E-state index contributed by atoms with van der Waals surface area (Å²) in [6.45, 7) is 7.11. The van der Waals surface area contributed by atoms with Gasteiger partial charge in [-0.1, -0.05) is 60.3 Å². The first-order valence-corrected chi connectivity index (χ1v) is 12.6. The highest BCUT2D eigenvalue weighted by atomic mass is 32.2. The van der Waals surface area contributed by atoms with Crippen LogP contribution < -0.4 is 5.32 Å². The zero-order chi connectivity index (χ0) is 24.9. The molecule has 0 bridgehead atoms. The number of fused-ring (bicyclic) bond motifs is 1. The number of likely N-dealkylation sites (N-methyl/N-ethyl adjacent to an activating group) is 1. The van der Waals surface area contributed by atoms with Gasteiger partial charge >= 0.3 is 0 Å². The van der Waals surface area contributed by atoms with Gasteiger partial charge in [0.2, 0.25) is 5.91 Å². The Balaban J connectivity index is 1.65. The Bertz CT molecular complexity index is 1200. The van der Waals surface area contributed by atoms with Crippen LogP contribution in [0.3, 0.4) is 0 Å². The molecule has 0 aliphatic carbocycles. The molecule has 2 aromatic rings. The van der Waals surface area contributed by atoms with E-state index in [2.05, 4.69) is 10.3 Å². The van der Waals surface area contributed by atoms with E-state index >= 15 is 4.39 Å². The predicted octanol–water partition coefficient (Wildman–Crippen LogP) is 4.98. The Kier molecular flexibility index (Phi) is 7.70. The van der Waals surface area contributed by atoms with Gasteiger partial charge in [0.15, 0.2) is 5.17 Å². The second-order valence-corrected chi connectivity index (χ2v) is 9.17. The molecule has 1 atom stereocenters. The SMILES string of the molecule is CCN(CC)C(=O)C1=C(C)N=C2SC=C(CC(=O)NCc3ccccc3)N2C1c1ccccc1F. The van der Waals surface area contributed by atoms with E-state index < -0.39 is 11.9 Å². The number of rotatable bonds is 8. The highest BCUT2D eigenvalue weighted by molar-refractivity contribution is 8.16. The fourth-order valence-electron chi connectivity index (χ4n) is 4.34. The molecule has 1 N–H and O–H groups in total. The first-order chi connectivity index (χ1) is 16.9. The van der Waals surface area contributed by atoms with Crippen LogP contribution in [0.4, 0.5) is 4.39 Å². The Morgan fingerprint density at radius 1 is 1.09 bits per heavy atom. The van der Waals surface area contributed by atoms with Crippen molar-refractivity contribution in [3.8, 4) is 0 Å². The second-order valence-electron chi connectivity index (χ2n) is 8.33. The average molecular weight is 493 g/mol. The van der Waals surface area contributed by atoms with E-state index in [1.54, 1.807) is 30.0 Å². The number of amidine groups is 1. The molecule has 35 heavy (non-hydrogen) atoms. The molecule has 1 unspecified atom stereocenters. The molecule has 6 nitrogen and oxygen atoms in total. The van der Waals surface area contributed by atoms with Gasteiger partial charge in [-0.2, -0.15) is 0 Å². The summed E-state index contributed by atoms with van der Waals surface area (Å²) in [7, 11) is 0. The second kappa shape index (κ2) is 10.9. The third-order valence-electron chi connectivity index (χ3n) is 6.16. The summed E-state index contributed by atoms with van der Waals surface area (Å²) >= 11 is 1.38. The summed E-state index contributed by atoms with van der Waals surface area (Å²) in [5.74, 6) is -0.730. The molecular weight excluding hydrogens is 463 g/mol. The molecule has 0 fully saturated rings. The van der Waals surface area contributed by atoms with Crippen molar-refractivity contribution in [1.82, 2.24) is 15.1 Å². The molecule has 0 saturated heterocycles. The molecule has 0 radical (unpaired) electrons. The normalized spacial score (nSPS) is 17.0. The standard InChI is InChI=1S/C27H29FN4O2S/c1-4-31(5-2)26(34)24-18(3)30-27-32(25(24)21-13-9-10-14-22(21)28)20(17-35-27)15-23(33)29-16-19-11-7-6-8-12-19/h6-14,17,25H,4-5,15-16H2,1-3H3,(H,29,33). The molecule has 2 aromatic carbocycles. The van der Waals surface area contributed by atoms with Crippen molar-refractivity contribution in [2.24, 2.45) is 4.99 Å². The maximum atomic E-state index is 15.1. The van der Waals surface area contributed by atoms with Crippen molar-refractivity contribution in [1.29, 1.82) is 0 Å². The van der Waals surface area contributed by atoms with Gasteiger partial charge in [-0.05, 0) is 37.8 Å². The minimum absolute atomic E-state index is 0.0929. The van der Waals surface area contributed by atoms with Crippen molar-refractivity contribution in [2.75, 3.05) is 13.1 Å². The summed E-state index contributed by atoms with van der Waals surface area (Å²) in [6.07, 6.45) is 0.0929. The minimum atomic E-state index is -0.708. The summed E-state index contributed by atoms with van der Waals surface area (Å²) in [5.41, 5.74) is 3.07. The van der Waals surface area contributed by atoms with Crippen LogP contribution in [0.15, 0.2) is 82.0 Å². The number of nitrogens with zero attached hydrogens (tertiary/aromatic N) is 3. The zero-order valence-electron chi connectivity index (χ0n) is 20.1. The Morgan fingerprint density at radius 2 is 1.77 bits per heavy atom. The van der Waals surface area contributed by atoms with E-state index in [0.717, 1.165) is 5.56 Å². The molecule has 0 spiro atoms. The summed E-state index contributed by atoms with van der Waals surface area (Å²) in [6, 6.07) is 15.5. The summed E-state index contributed by atoms with van der Waals surface area (Å²) < 4.78 is 15.1. The molecule has 2 amide bonds. The van der Waals surface area contributed by atoms with Crippen LogP contribution in [0.1, 0.15) is 44.4 Å². The van der Waals surface area contributed by atoms with Crippen LogP contribution in [0, 0.1) is 5.82 Å². The number of aliphatic imine (C=N–C) groups is 1. The van der Waals surface area contributed by atoms with E-state index in [4.69, 9.17) is 0 Å². The maximum absolute atomic E-state index is 15.1. The number of carbonyl (C=O) groups excluding carboxylic acids is 2. The van der Waals surface area contributed by atoms with E-state index in [1.165, 1.54) is 17.8 Å². The Hall–Kier alpha value is -3.39. The number of hydrogen-bond acceptors (Lipinski definition) is 5. The Labute approximate surface area is 209 Å². The van der Waals surface area contributed by atoms with E-state index in [1.807, 2.05) is 54.5 Å². The predicted molar refractivity (Wildman–Crippen MR) is 138 cm³/mol. The van der Waals surface area contributed by atoms with Crippen LogP contribution >= 0.6 is 11.8 Å². The largest absolute Gasteiger partial charge is 0.352 e. The lowest BCUT2D eigenvalue weighted by molar-refractivity contribution is -0.127. The van der Waals surface area contributed by atoms with Crippen molar-refractivity contribution in [2.45, 2.75) is 39.8 Å². The molecule has 0 saturated carbocycles. The monoisotopic (exact) mass is 492 g/mol. The number of halogens is 1. The zero-order valence-corrected chi connectivity index (χ0v) is 20.9. The maximum Gasteiger partial charge on any atom is 0.254 e. The number of nitrogens with one attached hydrogen (secondary N) is 1. The summed E-state index contributed by atoms with van der Waals surface area (Å²) in [5, 5.41) is 5.45. The number of carbonyl (C=O) groups is 2. The number of amides is 2. The van der Waals surface area contributed by atoms with Gasteiger partial charge in [0.05, 0.1) is 23.7 Å². The highest BCUT2D eigenvalue weighted by Crippen LogP contribution is 2.45. The fourth-order valence-corrected chi connectivity index (χ4v) is 5.30. The minimum Gasteiger partial charge on any atom is -0.352 e. The third-order valence-corrected chi connectivity index (χ3v) is 7.04. The third kappa shape index (κ3) is 5.17. The average Bonchev–Trinajstić information content (AvgIpc) is 3.25. The first kappa shape index (κ1) is 24.7. The van der Waals surface area contributed by atoms with E-state index in [9.17, 15) is 9.59 Å². The molecule has 182 valence electrons. The van der Waals surface area contributed by atoms with Gasteiger partial charge in [-0.15, -0.1) is 0 Å². The van der Waals surface area contributed by atoms with Crippen molar-refractivity contribution in [3.05, 3.63) is 93.9 Å². The molecule has 2 aliphatic heterocycles. The number of allylic oxidation sites excluding steroid dienone is 1. The van der Waals surface area contributed by atoms with Gasteiger partial charge in [-0.3, -0.25) is 9.59 Å². The lowest BCUT2D eigenvalue weighted by Gasteiger charge is -2.38. The molecule has 2 aliphatic rings. The molecular formula is C27H29FN4O2S. The smallest absolute Gasteiger partial charge is 0.254 e.